The molecule has 23 heavy (non-hydrogen) atoms. The van der Waals surface area contributed by atoms with E-state index in [1.54, 1.807) is 42.5 Å². The van der Waals surface area contributed by atoms with E-state index in [2.05, 4.69) is 0 Å². The van der Waals surface area contributed by atoms with E-state index in [-0.39, 0.29) is 11.3 Å². The molecule has 0 N–H and O–H groups in total. The molecule has 6 nitrogen and oxygen atoms in total. The maximum atomic E-state index is 11.4. The Kier molecular flexibility index (Phi) is 5.09. The van der Waals surface area contributed by atoms with Crippen molar-refractivity contribution in [1.29, 1.82) is 5.26 Å². The lowest BCUT2D eigenvalue weighted by Gasteiger charge is -2.19. The smallest absolute Gasteiger partial charge is 0.293 e. The molecule has 2 aromatic carbocycles. The molecule has 2 rings (SSSR count). The van der Waals surface area contributed by atoms with Crippen LogP contribution >= 0.6 is 0 Å². The Hall–Kier alpha value is -2.72. The van der Waals surface area contributed by atoms with Crippen molar-refractivity contribution in [2.45, 2.75) is 11.4 Å². The van der Waals surface area contributed by atoms with Gasteiger partial charge in [-0.3, -0.25) is 14.3 Å². The molecule has 1 unspecified atom stereocenters. The summed E-state index contributed by atoms with van der Waals surface area (Å²) in [5, 5.41) is 20.1. The molecule has 0 heterocycles. The Morgan fingerprint density at radius 3 is 2.43 bits per heavy atom. The number of rotatable bonds is 5. The molecule has 0 amide bonds. The summed E-state index contributed by atoms with van der Waals surface area (Å²) in [4.78, 5) is 13.2. The number of hydrogen-bond donors (Lipinski definition) is 0. The van der Waals surface area contributed by atoms with E-state index < -0.39 is 15.7 Å². The first-order valence-electron chi connectivity index (χ1n) is 6.74. The lowest BCUT2D eigenvalue weighted by molar-refractivity contribution is -0.384. The van der Waals surface area contributed by atoms with Gasteiger partial charge in [0.25, 0.3) is 5.69 Å². The zero-order chi connectivity index (χ0) is 17.0. The van der Waals surface area contributed by atoms with Crippen molar-refractivity contribution in [3.63, 3.8) is 0 Å². The van der Waals surface area contributed by atoms with E-state index >= 15 is 0 Å². The predicted octanol–water partition coefficient (Wildman–Crippen LogP) is 2.84. The number of nitro benzene ring substituents is 1. The van der Waals surface area contributed by atoms with Gasteiger partial charge in [0.05, 0.1) is 16.6 Å². The number of nitrogens with zero attached hydrogens (tertiary/aromatic N) is 3. The highest BCUT2D eigenvalue weighted by Gasteiger charge is 2.18. The summed E-state index contributed by atoms with van der Waals surface area (Å²) < 4.78 is 11.4. The molecule has 1 atom stereocenters. The van der Waals surface area contributed by atoms with Gasteiger partial charge in [-0.05, 0) is 29.8 Å². The third-order valence-corrected chi connectivity index (χ3v) is 4.32. The Morgan fingerprint density at radius 1 is 1.26 bits per heavy atom. The van der Waals surface area contributed by atoms with Crippen molar-refractivity contribution in [1.82, 2.24) is 0 Å². The van der Waals surface area contributed by atoms with Gasteiger partial charge in [-0.15, -0.1) is 0 Å². The van der Waals surface area contributed by atoms with Crippen LogP contribution in [0.5, 0.6) is 0 Å². The Bertz CT molecular complexity index is 797. The molecule has 0 aliphatic rings. The number of nitriles is 1. The van der Waals surface area contributed by atoms with Crippen LogP contribution < -0.4 is 4.90 Å². The highest BCUT2D eigenvalue weighted by molar-refractivity contribution is 7.84. The second-order valence-corrected chi connectivity index (χ2v) is 6.41. The summed E-state index contributed by atoms with van der Waals surface area (Å²) in [7, 11) is 0.717. The van der Waals surface area contributed by atoms with Crippen molar-refractivity contribution in [3.8, 4) is 6.07 Å². The van der Waals surface area contributed by atoms with Crippen LogP contribution in [0.2, 0.25) is 0 Å². The van der Waals surface area contributed by atoms with Gasteiger partial charge in [-0.2, -0.15) is 5.26 Å². The van der Waals surface area contributed by atoms with Gasteiger partial charge in [0.1, 0.15) is 5.69 Å². The van der Waals surface area contributed by atoms with Gasteiger partial charge in [-0.1, -0.05) is 12.1 Å². The van der Waals surface area contributed by atoms with Gasteiger partial charge in [0.2, 0.25) is 0 Å². The van der Waals surface area contributed by atoms with Crippen molar-refractivity contribution >= 4 is 22.2 Å². The summed E-state index contributed by atoms with van der Waals surface area (Å²) in [5.41, 5.74) is 1.54. The summed E-state index contributed by atoms with van der Waals surface area (Å²) in [5.74, 6) is 0. The maximum Gasteiger partial charge on any atom is 0.293 e. The lowest BCUT2D eigenvalue weighted by Crippen LogP contribution is -2.17. The normalized spacial score (nSPS) is 11.5. The highest BCUT2D eigenvalue weighted by atomic mass is 32.2. The summed E-state index contributed by atoms with van der Waals surface area (Å²) in [6, 6.07) is 13.6. The Labute approximate surface area is 136 Å². The molecule has 0 spiro atoms. The zero-order valence-electron chi connectivity index (χ0n) is 12.7. The molecule has 2 aromatic rings. The summed E-state index contributed by atoms with van der Waals surface area (Å²) in [6.07, 6.45) is 1.61. The number of anilines is 1. The maximum absolute atomic E-state index is 11.4. The van der Waals surface area contributed by atoms with Crippen molar-refractivity contribution < 1.29 is 9.13 Å². The van der Waals surface area contributed by atoms with Crippen LogP contribution in [0.4, 0.5) is 11.4 Å². The van der Waals surface area contributed by atoms with Crippen LogP contribution in [0.1, 0.15) is 11.1 Å². The molecule has 0 saturated carbocycles. The van der Waals surface area contributed by atoms with Crippen molar-refractivity contribution in [3.05, 3.63) is 63.7 Å². The van der Waals surface area contributed by atoms with Crippen LogP contribution in [0, 0.1) is 21.4 Å². The van der Waals surface area contributed by atoms with Gasteiger partial charge in [0.15, 0.2) is 0 Å². The molecule has 0 aliphatic carbocycles. The Balaban J connectivity index is 2.27. The second kappa shape index (κ2) is 7.03. The quantitative estimate of drug-likeness (QED) is 0.622. The van der Waals surface area contributed by atoms with Crippen molar-refractivity contribution in [2.75, 3.05) is 18.2 Å². The van der Waals surface area contributed by atoms with Crippen molar-refractivity contribution in [2.24, 2.45) is 0 Å². The van der Waals surface area contributed by atoms with E-state index in [0.29, 0.717) is 12.2 Å². The number of benzene rings is 2. The fourth-order valence-electron chi connectivity index (χ4n) is 2.21. The molecule has 0 aliphatic heterocycles. The minimum Gasteiger partial charge on any atom is -0.365 e. The molecule has 0 saturated heterocycles. The molecule has 0 bridgehead atoms. The first kappa shape index (κ1) is 16.6. The monoisotopic (exact) mass is 329 g/mol. The minimum atomic E-state index is -1.03. The minimum absolute atomic E-state index is 0.0992. The molecular weight excluding hydrogens is 314 g/mol. The van der Waals surface area contributed by atoms with Gasteiger partial charge in [-0.25, -0.2) is 0 Å². The standard InChI is InChI=1S/C16H15N3O3S/c1-18(11-12-3-6-14(7-4-12)23(2)22)15-8-5-13(10-17)9-16(15)19(20)21/h3-9H,11H2,1-2H3. The lowest BCUT2D eigenvalue weighted by atomic mass is 10.1. The van der Waals surface area contributed by atoms with E-state index in [9.17, 15) is 14.3 Å². The van der Waals surface area contributed by atoms with E-state index in [0.717, 1.165) is 10.5 Å². The average molecular weight is 329 g/mol. The third kappa shape index (κ3) is 3.93. The first-order chi connectivity index (χ1) is 10.9. The van der Waals surface area contributed by atoms with E-state index in [1.165, 1.54) is 6.07 Å². The van der Waals surface area contributed by atoms with Gasteiger partial charge < -0.3 is 4.90 Å². The molecule has 0 aromatic heterocycles. The van der Waals surface area contributed by atoms with Gasteiger partial charge in [0, 0.05) is 41.6 Å². The molecular formula is C16H15N3O3S. The number of hydrogen-bond acceptors (Lipinski definition) is 5. The fourth-order valence-corrected chi connectivity index (χ4v) is 2.73. The largest absolute Gasteiger partial charge is 0.365 e. The van der Waals surface area contributed by atoms with Crippen LogP contribution in [-0.2, 0) is 17.3 Å². The van der Waals surface area contributed by atoms with Crippen LogP contribution in [0.3, 0.4) is 0 Å². The molecule has 0 fully saturated rings. The molecule has 0 radical (unpaired) electrons. The third-order valence-electron chi connectivity index (χ3n) is 3.39. The topological polar surface area (TPSA) is 87.2 Å². The predicted molar refractivity (Wildman–Crippen MR) is 88.7 cm³/mol. The van der Waals surface area contributed by atoms with E-state index in [1.807, 2.05) is 18.2 Å². The number of nitro groups is 1. The Morgan fingerprint density at radius 2 is 1.91 bits per heavy atom. The molecule has 7 heteroatoms. The summed E-state index contributed by atoms with van der Waals surface area (Å²) in [6.45, 7) is 0.462. The van der Waals surface area contributed by atoms with Crippen LogP contribution in [0.25, 0.3) is 0 Å². The molecule has 118 valence electrons. The van der Waals surface area contributed by atoms with Gasteiger partial charge >= 0.3 is 0 Å². The van der Waals surface area contributed by atoms with Crippen LogP contribution in [-0.4, -0.2) is 22.4 Å². The van der Waals surface area contributed by atoms with E-state index in [4.69, 9.17) is 5.26 Å². The highest BCUT2D eigenvalue weighted by Crippen LogP contribution is 2.29. The average Bonchev–Trinajstić information content (AvgIpc) is 2.54. The summed E-state index contributed by atoms with van der Waals surface area (Å²) >= 11 is 0. The SMILES string of the molecule is CN(Cc1ccc(S(C)=O)cc1)c1ccc(C#N)cc1[N+](=O)[O-]. The van der Waals surface area contributed by atoms with Crippen LogP contribution in [0.15, 0.2) is 47.4 Å². The second-order valence-electron chi connectivity index (χ2n) is 5.03. The fraction of sp³-hybridized carbons (Fsp3) is 0.188. The zero-order valence-corrected chi connectivity index (χ0v) is 13.5. The first-order valence-corrected chi connectivity index (χ1v) is 8.30.